The van der Waals surface area contributed by atoms with E-state index < -0.39 is 59.2 Å². The number of aliphatic hydroxyl groups excluding tert-OH is 1. The van der Waals surface area contributed by atoms with Gasteiger partial charge < -0.3 is 39.7 Å². The number of carboxylic acids is 3. The lowest BCUT2D eigenvalue weighted by molar-refractivity contribution is -0.374. The summed E-state index contributed by atoms with van der Waals surface area (Å²) in [4.78, 5) is 50.8. The summed E-state index contributed by atoms with van der Waals surface area (Å²) in [5.74, 6) is -9.07. The molecule has 2 aliphatic rings. The number of unbranched alkanes of at least 4 members (excludes halogenated alkanes) is 2. The molecule has 274 valence electrons. The Kier molecular flexibility index (Phi) is 13.2. The number of hydrogen-bond acceptors (Lipinski definition) is 9. The highest BCUT2D eigenvalue weighted by Gasteiger charge is 2.85. The van der Waals surface area contributed by atoms with Crippen molar-refractivity contribution in [3.8, 4) is 0 Å². The Labute approximate surface area is 292 Å². The zero-order valence-corrected chi connectivity index (χ0v) is 28.7. The van der Waals surface area contributed by atoms with Crippen LogP contribution in [0.3, 0.4) is 0 Å². The van der Waals surface area contributed by atoms with Gasteiger partial charge in [0.2, 0.25) is 23.1 Å². The maximum absolute atomic E-state index is 13.1. The number of ether oxygens (including phenoxy) is 3. The van der Waals surface area contributed by atoms with Crippen molar-refractivity contribution < 1.29 is 58.9 Å². The van der Waals surface area contributed by atoms with Gasteiger partial charge in [-0.2, -0.15) is 0 Å². The highest BCUT2D eigenvalue weighted by Crippen LogP contribution is 2.55. The number of esters is 1. The molecule has 12 nitrogen and oxygen atoms in total. The zero-order valence-electron chi connectivity index (χ0n) is 28.7. The summed E-state index contributed by atoms with van der Waals surface area (Å²) in [6, 6.07) is 20.0. The third-order valence-corrected chi connectivity index (χ3v) is 10.1. The second-order valence-corrected chi connectivity index (χ2v) is 14.0. The van der Waals surface area contributed by atoms with E-state index in [9.17, 15) is 44.7 Å². The van der Waals surface area contributed by atoms with Crippen LogP contribution in [0.25, 0.3) is 0 Å². The van der Waals surface area contributed by atoms with Gasteiger partial charge in [0.25, 0.3) is 0 Å². The highest BCUT2D eigenvalue weighted by molar-refractivity contribution is 5.98. The fraction of sp³-hybridized carbons (Fsp3) is 0.579. The normalized spacial score (nSPS) is 28.4. The molecule has 2 aromatic carbocycles. The molecule has 50 heavy (non-hydrogen) atoms. The van der Waals surface area contributed by atoms with E-state index in [0.717, 1.165) is 44.1 Å². The Morgan fingerprint density at radius 2 is 1.36 bits per heavy atom. The Morgan fingerprint density at radius 1 is 0.780 bits per heavy atom. The fourth-order valence-electron chi connectivity index (χ4n) is 7.33. The first-order valence-electron chi connectivity index (χ1n) is 17.5. The number of hydrogen-bond donors (Lipinski definition) is 5. The standard InChI is InChI=1S/C38H50O12/c1-25(16-13-21-27-17-5-3-6-18-27)14-9-10-22-29(39)48-31-30(40)36(23-12-11-15-26(2)24-28-19-7-4-8-20-28)49-32(33(41)42)37(47,34(43)44)38(31,50-36)35(45)46/h3-8,17-20,25-26,30-32,40,47H,9-16,21-24H2,1-2H3,(H,41,42)(H,43,44)(H,45,46)/t25-,26-,30-,31-,32-,36+,37-,38+/m1/s1. The largest absolute Gasteiger partial charge is 0.479 e. The Balaban J connectivity index is 1.41. The van der Waals surface area contributed by atoms with Crippen LogP contribution in [0.15, 0.2) is 60.7 Å². The van der Waals surface area contributed by atoms with Crippen LogP contribution in [-0.4, -0.2) is 84.7 Å². The molecule has 4 rings (SSSR count). The second kappa shape index (κ2) is 16.9. The topological polar surface area (TPSA) is 197 Å². The lowest BCUT2D eigenvalue weighted by Crippen LogP contribution is -2.78. The van der Waals surface area contributed by atoms with E-state index in [0.29, 0.717) is 25.2 Å². The van der Waals surface area contributed by atoms with Crippen LogP contribution >= 0.6 is 0 Å². The molecule has 5 N–H and O–H groups in total. The maximum Gasteiger partial charge on any atom is 0.344 e. The van der Waals surface area contributed by atoms with E-state index in [1.54, 1.807) is 0 Å². The molecule has 8 atom stereocenters. The lowest BCUT2D eigenvalue weighted by Gasteiger charge is -2.48. The quantitative estimate of drug-likeness (QED) is 0.0940. The van der Waals surface area contributed by atoms with Crippen molar-refractivity contribution in [1.29, 1.82) is 0 Å². The summed E-state index contributed by atoms with van der Waals surface area (Å²) in [5.41, 5.74) is -4.72. The number of carbonyl (C=O) groups is 4. The maximum atomic E-state index is 13.1. The number of aryl methyl sites for hydroxylation is 1. The molecule has 0 aliphatic carbocycles. The molecular weight excluding hydrogens is 648 g/mol. The molecule has 2 saturated heterocycles. The van der Waals surface area contributed by atoms with Crippen LogP contribution < -0.4 is 0 Å². The van der Waals surface area contributed by atoms with Crippen molar-refractivity contribution in [2.45, 2.75) is 126 Å². The Hall–Kier alpha value is -3.84. The molecule has 2 bridgehead atoms. The molecule has 0 unspecified atom stereocenters. The number of benzene rings is 2. The van der Waals surface area contributed by atoms with Gasteiger partial charge in [0.15, 0.2) is 6.10 Å². The third kappa shape index (κ3) is 8.37. The number of aliphatic hydroxyl groups is 2. The molecule has 12 heteroatoms. The van der Waals surface area contributed by atoms with E-state index in [2.05, 4.69) is 26.0 Å². The van der Waals surface area contributed by atoms with E-state index in [-0.39, 0.29) is 25.2 Å². The minimum absolute atomic E-state index is 0.184. The molecule has 2 heterocycles. The van der Waals surface area contributed by atoms with Gasteiger partial charge in [0.1, 0.15) is 6.10 Å². The molecule has 0 radical (unpaired) electrons. The average molecular weight is 699 g/mol. The van der Waals surface area contributed by atoms with Crippen molar-refractivity contribution in [3.05, 3.63) is 71.8 Å². The summed E-state index contributed by atoms with van der Waals surface area (Å²) < 4.78 is 16.7. The molecule has 0 saturated carbocycles. The first-order valence-corrected chi connectivity index (χ1v) is 17.5. The summed E-state index contributed by atoms with van der Waals surface area (Å²) in [6.07, 6.45) is -0.330. The molecule has 0 spiro atoms. The van der Waals surface area contributed by atoms with Crippen LogP contribution in [0.5, 0.6) is 0 Å². The Bertz CT molecular complexity index is 1450. The number of carbonyl (C=O) groups excluding carboxylic acids is 1. The van der Waals surface area contributed by atoms with Crippen molar-refractivity contribution >= 4 is 23.9 Å². The summed E-state index contributed by atoms with van der Waals surface area (Å²) in [7, 11) is 0. The molecule has 2 aliphatic heterocycles. The van der Waals surface area contributed by atoms with Crippen molar-refractivity contribution in [3.63, 3.8) is 0 Å². The van der Waals surface area contributed by atoms with E-state index in [1.165, 1.54) is 5.56 Å². The van der Waals surface area contributed by atoms with Gasteiger partial charge in [0.05, 0.1) is 0 Å². The van der Waals surface area contributed by atoms with E-state index in [4.69, 9.17) is 14.2 Å². The SMILES string of the molecule is C[C@H](CCCCC(=O)O[C@@H]1[C@@H](O)[C@@]2(CCCC[C@@H](C)Cc3ccccc3)O[C@H](C(=O)O)[C@@](O)(C(=O)O)[C@]1(C(=O)O)O2)CCCc1ccccc1. The van der Waals surface area contributed by atoms with E-state index in [1.807, 2.05) is 48.5 Å². The smallest absolute Gasteiger partial charge is 0.344 e. The number of carboxylic acid groups (broad SMARTS) is 3. The predicted octanol–water partition coefficient (Wildman–Crippen LogP) is 4.77. The summed E-state index contributed by atoms with van der Waals surface area (Å²) >= 11 is 0. The summed E-state index contributed by atoms with van der Waals surface area (Å²) in [6.45, 7) is 4.19. The van der Waals surface area contributed by atoms with Gasteiger partial charge in [0, 0.05) is 12.8 Å². The van der Waals surface area contributed by atoms with E-state index >= 15 is 0 Å². The van der Waals surface area contributed by atoms with Crippen LogP contribution in [0, 0.1) is 11.8 Å². The highest BCUT2D eigenvalue weighted by atomic mass is 16.8. The summed E-state index contributed by atoms with van der Waals surface area (Å²) in [5, 5.41) is 53.3. The van der Waals surface area contributed by atoms with Gasteiger partial charge in [-0.05, 0) is 55.1 Å². The second-order valence-electron chi connectivity index (χ2n) is 14.0. The molecule has 2 aromatic rings. The van der Waals surface area contributed by atoms with Crippen molar-refractivity contribution in [1.82, 2.24) is 0 Å². The lowest BCUT2D eigenvalue weighted by atomic mass is 9.74. The monoisotopic (exact) mass is 698 g/mol. The first-order chi connectivity index (χ1) is 23.8. The number of rotatable bonds is 20. The average Bonchev–Trinajstić information content (AvgIpc) is 3.29. The molecule has 2 fully saturated rings. The predicted molar refractivity (Wildman–Crippen MR) is 180 cm³/mol. The first kappa shape index (κ1) is 39.0. The van der Waals surface area contributed by atoms with Crippen LogP contribution in [0.4, 0.5) is 0 Å². The fourth-order valence-corrected chi connectivity index (χ4v) is 7.33. The third-order valence-electron chi connectivity index (χ3n) is 10.1. The van der Waals surface area contributed by atoms with Crippen LogP contribution in [0.1, 0.15) is 89.2 Å². The van der Waals surface area contributed by atoms with Crippen molar-refractivity contribution in [2.24, 2.45) is 11.8 Å². The molecule has 0 aromatic heterocycles. The van der Waals surface area contributed by atoms with Gasteiger partial charge in [-0.15, -0.1) is 0 Å². The minimum Gasteiger partial charge on any atom is -0.479 e. The van der Waals surface area contributed by atoms with Gasteiger partial charge in [-0.25, -0.2) is 14.4 Å². The van der Waals surface area contributed by atoms with Gasteiger partial charge in [-0.1, -0.05) is 107 Å². The van der Waals surface area contributed by atoms with Crippen LogP contribution in [0.2, 0.25) is 0 Å². The van der Waals surface area contributed by atoms with Gasteiger partial charge in [-0.3, -0.25) is 4.79 Å². The van der Waals surface area contributed by atoms with Crippen molar-refractivity contribution in [2.75, 3.05) is 0 Å². The Morgan fingerprint density at radius 3 is 1.96 bits per heavy atom. The van der Waals surface area contributed by atoms with Gasteiger partial charge >= 0.3 is 23.9 Å². The zero-order chi connectivity index (χ0) is 36.5. The minimum atomic E-state index is -3.77. The molecular formula is C38H50O12. The van der Waals surface area contributed by atoms with Crippen LogP contribution in [-0.2, 0) is 46.2 Å². The number of fused-ring (bicyclic) bond motifs is 2. The number of aliphatic carboxylic acids is 3. The molecule has 0 amide bonds.